The zero-order valence-electron chi connectivity index (χ0n) is 12.0. The summed E-state index contributed by atoms with van der Waals surface area (Å²) in [6.45, 7) is 2.18. The molecule has 0 saturated heterocycles. The lowest BCUT2D eigenvalue weighted by atomic mass is 10.1. The van der Waals surface area contributed by atoms with Gasteiger partial charge in [0, 0.05) is 10.9 Å². The number of thiophene rings is 1. The minimum atomic E-state index is 0.237. The van der Waals surface area contributed by atoms with E-state index >= 15 is 0 Å². The summed E-state index contributed by atoms with van der Waals surface area (Å²) < 4.78 is 0. The van der Waals surface area contributed by atoms with Crippen molar-refractivity contribution in [2.45, 2.75) is 32.2 Å². The van der Waals surface area contributed by atoms with Crippen LogP contribution >= 0.6 is 11.3 Å². The summed E-state index contributed by atoms with van der Waals surface area (Å²) in [4.78, 5) is 11.6. The normalized spacial score (nSPS) is 15.1. The van der Waals surface area contributed by atoms with E-state index in [0.29, 0.717) is 0 Å². The molecule has 4 rings (SSSR count). The monoisotopic (exact) mass is 295 g/mol. The first-order valence-corrected chi connectivity index (χ1v) is 8.21. The van der Waals surface area contributed by atoms with Crippen molar-refractivity contribution in [3.8, 4) is 0 Å². The topological polar surface area (TPSA) is 37.8 Å². The Bertz CT molecular complexity index is 779. The average Bonchev–Trinajstić information content (AvgIpc) is 3.09. The van der Waals surface area contributed by atoms with Crippen LogP contribution in [0.5, 0.6) is 0 Å². The Morgan fingerprint density at radius 3 is 2.86 bits per heavy atom. The summed E-state index contributed by atoms with van der Waals surface area (Å²) in [5.74, 6) is 0.982. The molecule has 0 radical (unpaired) electrons. The summed E-state index contributed by atoms with van der Waals surface area (Å²) in [6, 6.07) is 10.7. The molecule has 0 bridgehead atoms. The van der Waals surface area contributed by atoms with Gasteiger partial charge in [-0.05, 0) is 37.3 Å². The highest BCUT2D eigenvalue weighted by atomic mass is 32.1. The third kappa shape index (κ3) is 2.20. The molecule has 0 spiro atoms. The molecule has 0 amide bonds. The molecule has 2 aromatic heterocycles. The molecule has 3 nitrogen and oxygen atoms in total. The van der Waals surface area contributed by atoms with Crippen molar-refractivity contribution in [2.75, 3.05) is 5.32 Å². The number of aryl methyl sites for hydroxylation is 2. The van der Waals surface area contributed by atoms with Gasteiger partial charge in [-0.15, -0.1) is 11.3 Å². The van der Waals surface area contributed by atoms with Gasteiger partial charge in [0.15, 0.2) is 0 Å². The smallest absolute Gasteiger partial charge is 0.138 e. The van der Waals surface area contributed by atoms with Gasteiger partial charge in [0.05, 0.1) is 5.39 Å². The first-order chi connectivity index (χ1) is 10.3. The fourth-order valence-corrected chi connectivity index (χ4v) is 4.30. The SMILES string of the molecule is CC(Nc1ncnc2sc3c(c12)CCC3)c1ccccc1. The number of anilines is 1. The van der Waals surface area contributed by atoms with Crippen molar-refractivity contribution in [2.24, 2.45) is 0 Å². The highest BCUT2D eigenvalue weighted by Crippen LogP contribution is 2.39. The van der Waals surface area contributed by atoms with Crippen LogP contribution in [0.1, 0.15) is 35.4 Å². The molecule has 1 atom stereocenters. The van der Waals surface area contributed by atoms with Crippen LogP contribution in [0.15, 0.2) is 36.7 Å². The van der Waals surface area contributed by atoms with Crippen LogP contribution in [-0.4, -0.2) is 9.97 Å². The molecule has 0 aliphatic heterocycles. The molecular weight excluding hydrogens is 278 g/mol. The Morgan fingerprint density at radius 1 is 1.14 bits per heavy atom. The highest BCUT2D eigenvalue weighted by Gasteiger charge is 2.21. The Morgan fingerprint density at radius 2 is 2.00 bits per heavy atom. The molecule has 1 aliphatic rings. The summed E-state index contributed by atoms with van der Waals surface area (Å²) in [5.41, 5.74) is 2.74. The molecule has 2 heterocycles. The van der Waals surface area contributed by atoms with Gasteiger partial charge >= 0.3 is 0 Å². The van der Waals surface area contributed by atoms with Crippen molar-refractivity contribution >= 4 is 27.4 Å². The van der Waals surface area contributed by atoms with E-state index in [1.807, 2.05) is 17.4 Å². The fraction of sp³-hybridized carbons (Fsp3) is 0.294. The predicted octanol–water partition coefficient (Wildman–Crippen LogP) is 4.35. The number of rotatable bonds is 3. The number of fused-ring (bicyclic) bond motifs is 3. The Kier molecular flexibility index (Phi) is 3.11. The second-order valence-electron chi connectivity index (χ2n) is 5.54. The van der Waals surface area contributed by atoms with Gasteiger partial charge in [0.1, 0.15) is 17.0 Å². The highest BCUT2D eigenvalue weighted by molar-refractivity contribution is 7.19. The van der Waals surface area contributed by atoms with Gasteiger partial charge in [-0.25, -0.2) is 9.97 Å². The molecule has 106 valence electrons. The maximum atomic E-state index is 4.51. The Balaban J connectivity index is 1.74. The number of aromatic nitrogens is 2. The van der Waals surface area contributed by atoms with Crippen molar-refractivity contribution in [1.82, 2.24) is 9.97 Å². The van der Waals surface area contributed by atoms with Crippen LogP contribution in [0.4, 0.5) is 5.82 Å². The number of hydrogen-bond acceptors (Lipinski definition) is 4. The predicted molar refractivity (Wildman–Crippen MR) is 87.9 cm³/mol. The van der Waals surface area contributed by atoms with Crippen molar-refractivity contribution < 1.29 is 0 Å². The number of benzene rings is 1. The lowest BCUT2D eigenvalue weighted by Gasteiger charge is -2.15. The summed E-state index contributed by atoms with van der Waals surface area (Å²) in [6.07, 6.45) is 5.30. The summed E-state index contributed by atoms with van der Waals surface area (Å²) in [7, 11) is 0. The first kappa shape index (κ1) is 12.8. The van der Waals surface area contributed by atoms with Gasteiger partial charge < -0.3 is 5.32 Å². The van der Waals surface area contributed by atoms with Gasteiger partial charge in [0.25, 0.3) is 0 Å². The number of nitrogens with one attached hydrogen (secondary N) is 1. The van der Waals surface area contributed by atoms with Crippen molar-refractivity contribution in [1.29, 1.82) is 0 Å². The van der Waals surface area contributed by atoms with E-state index in [1.165, 1.54) is 34.2 Å². The van der Waals surface area contributed by atoms with Crippen LogP contribution < -0.4 is 5.32 Å². The Hall–Kier alpha value is -1.94. The molecule has 1 N–H and O–H groups in total. The standard InChI is InChI=1S/C17H17N3S/c1-11(12-6-3-2-4-7-12)20-16-15-13-8-5-9-14(13)21-17(15)19-10-18-16/h2-4,6-7,10-11H,5,8-9H2,1H3,(H,18,19,20). The molecule has 1 aromatic carbocycles. The first-order valence-electron chi connectivity index (χ1n) is 7.39. The lowest BCUT2D eigenvalue weighted by Crippen LogP contribution is -2.08. The van der Waals surface area contributed by atoms with E-state index < -0.39 is 0 Å². The van der Waals surface area contributed by atoms with Gasteiger partial charge in [-0.2, -0.15) is 0 Å². The van der Waals surface area contributed by atoms with Crippen LogP contribution in [-0.2, 0) is 12.8 Å². The van der Waals surface area contributed by atoms with Crippen LogP contribution in [0, 0.1) is 0 Å². The molecule has 4 heteroatoms. The van der Waals surface area contributed by atoms with E-state index in [0.717, 1.165) is 17.1 Å². The molecule has 0 saturated carbocycles. The second-order valence-corrected chi connectivity index (χ2v) is 6.62. The van der Waals surface area contributed by atoms with Gasteiger partial charge in [0.2, 0.25) is 0 Å². The minimum Gasteiger partial charge on any atom is -0.363 e. The van der Waals surface area contributed by atoms with E-state index in [1.54, 1.807) is 6.33 Å². The average molecular weight is 295 g/mol. The van der Waals surface area contributed by atoms with Gasteiger partial charge in [-0.3, -0.25) is 0 Å². The van der Waals surface area contributed by atoms with E-state index in [4.69, 9.17) is 0 Å². The zero-order valence-corrected chi connectivity index (χ0v) is 12.8. The zero-order chi connectivity index (χ0) is 14.2. The van der Waals surface area contributed by atoms with Crippen LogP contribution in [0.25, 0.3) is 10.2 Å². The molecule has 21 heavy (non-hydrogen) atoms. The maximum Gasteiger partial charge on any atom is 0.138 e. The summed E-state index contributed by atoms with van der Waals surface area (Å²) >= 11 is 1.83. The minimum absolute atomic E-state index is 0.237. The quantitative estimate of drug-likeness (QED) is 0.780. The molecule has 3 aromatic rings. The van der Waals surface area contributed by atoms with Gasteiger partial charge in [-0.1, -0.05) is 30.3 Å². The largest absolute Gasteiger partial charge is 0.363 e. The molecule has 1 aliphatic carbocycles. The third-order valence-electron chi connectivity index (χ3n) is 4.15. The number of nitrogens with zero attached hydrogens (tertiary/aromatic N) is 2. The second kappa shape index (κ2) is 5.11. The molecule has 0 fully saturated rings. The van der Waals surface area contributed by atoms with Crippen molar-refractivity contribution in [3.63, 3.8) is 0 Å². The molecular formula is C17H17N3S. The summed E-state index contributed by atoms with van der Waals surface area (Å²) in [5, 5.41) is 4.82. The van der Waals surface area contributed by atoms with E-state index in [-0.39, 0.29) is 6.04 Å². The third-order valence-corrected chi connectivity index (χ3v) is 5.35. The van der Waals surface area contributed by atoms with Crippen molar-refractivity contribution in [3.05, 3.63) is 52.7 Å². The molecule has 1 unspecified atom stereocenters. The number of hydrogen-bond donors (Lipinski definition) is 1. The lowest BCUT2D eigenvalue weighted by molar-refractivity contribution is 0.875. The van der Waals surface area contributed by atoms with E-state index in [9.17, 15) is 0 Å². The van der Waals surface area contributed by atoms with Crippen LogP contribution in [0.3, 0.4) is 0 Å². The van der Waals surface area contributed by atoms with Crippen LogP contribution in [0.2, 0.25) is 0 Å². The Labute approximate surface area is 128 Å². The fourth-order valence-electron chi connectivity index (χ4n) is 3.07. The maximum absolute atomic E-state index is 4.51. The van der Waals surface area contributed by atoms with E-state index in [2.05, 4.69) is 46.5 Å².